The smallest absolute Gasteiger partial charge is 0.339 e. The minimum atomic E-state index is -0.374. The van der Waals surface area contributed by atoms with Gasteiger partial charge in [0.1, 0.15) is 0 Å². The van der Waals surface area contributed by atoms with E-state index in [1.807, 2.05) is 12.1 Å². The normalized spacial score (nSPS) is 15.7. The van der Waals surface area contributed by atoms with E-state index in [4.69, 9.17) is 16.3 Å². The summed E-state index contributed by atoms with van der Waals surface area (Å²) in [5.74, 6) is -0.374. The molecule has 1 aliphatic heterocycles. The van der Waals surface area contributed by atoms with Crippen molar-refractivity contribution in [3.63, 3.8) is 0 Å². The highest BCUT2D eigenvalue weighted by atomic mass is 35.5. The van der Waals surface area contributed by atoms with Gasteiger partial charge >= 0.3 is 5.97 Å². The van der Waals surface area contributed by atoms with E-state index in [1.165, 1.54) is 18.2 Å². The molecule has 0 aromatic heterocycles. The van der Waals surface area contributed by atoms with Crippen molar-refractivity contribution in [2.75, 3.05) is 13.7 Å². The van der Waals surface area contributed by atoms with Gasteiger partial charge in [-0.3, -0.25) is 4.67 Å². The molecule has 0 saturated carbocycles. The Labute approximate surface area is 102 Å². The van der Waals surface area contributed by atoms with Crippen LogP contribution in [-0.4, -0.2) is 24.3 Å². The van der Waals surface area contributed by atoms with Crippen LogP contribution in [0.1, 0.15) is 21.5 Å². The molecule has 0 bridgehead atoms. The molecule has 0 amide bonds. The Morgan fingerprint density at radius 2 is 2.25 bits per heavy atom. The van der Waals surface area contributed by atoms with Crippen LogP contribution in [0.2, 0.25) is 5.02 Å². The fourth-order valence-electron chi connectivity index (χ4n) is 1.87. The van der Waals surface area contributed by atoms with Crippen LogP contribution < -0.4 is 0 Å². The highest BCUT2D eigenvalue weighted by molar-refractivity contribution is 7.13. The second-order valence-corrected chi connectivity index (χ2v) is 4.95. The summed E-state index contributed by atoms with van der Waals surface area (Å²) in [7, 11) is 4.05. The fourth-order valence-corrected chi connectivity index (χ4v) is 2.46. The fraction of sp³-hybridized carbons (Fsp3) is 0.364. The van der Waals surface area contributed by atoms with E-state index in [0.717, 1.165) is 19.5 Å². The first-order valence-corrected chi connectivity index (χ1v) is 5.90. The van der Waals surface area contributed by atoms with Crippen molar-refractivity contribution in [1.29, 1.82) is 0 Å². The number of carbonyl (C=O) groups excluding carboxylic acids is 1. The third-order valence-corrected chi connectivity index (χ3v) is 3.49. The molecule has 86 valence electrons. The van der Waals surface area contributed by atoms with E-state index < -0.39 is 0 Å². The predicted molar refractivity (Wildman–Crippen MR) is 66.6 cm³/mol. The molecule has 3 nitrogen and oxygen atoms in total. The number of rotatable bonds is 1. The Hall–Kier alpha value is -0.630. The van der Waals surface area contributed by atoms with Crippen molar-refractivity contribution in [3.05, 3.63) is 33.8 Å². The first-order valence-electron chi connectivity index (χ1n) is 5.01. The van der Waals surface area contributed by atoms with Crippen molar-refractivity contribution in [3.8, 4) is 0 Å². The van der Waals surface area contributed by atoms with Crippen LogP contribution in [0, 0.1) is 0 Å². The summed E-state index contributed by atoms with van der Waals surface area (Å²) < 4.78 is 6.84. The predicted octanol–water partition coefficient (Wildman–Crippen LogP) is 2.27. The molecule has 0 saturated heterocycles. The average molecular weight is 258 g/mol. The maximum Gasteiger partial charge on any atom is 0.339 e. The number of hydrogen-bond acceptors (Lipinski definition) is 3. The van der Waals surface area contributed by atoms with Crippen LogP contribution in [0.5, 0.6) is 0 Å². The number of fused-ring (bicyclic) bond motifs is 1. The molecule has 0 spiro atoms. The van der Waals surface area contributed by atoms with E-state index in [9.17, 15) is 4.79 Å². The minimum Gasteiger partial charge on any atom is -0.465 e. The molecule has 5 heteroatoms. The molecule has 1 unspecified atom stereocenters. The molecule has 0 aliphatic carbocycles. The third kappa shape index (κ3) is 2.22. The lowest BCUT2D eigenvalue weighted by Crippen LogP contribution is -2.22. The Balaban J connectivity index is 2.42. The number of halogens is 1. The van der Waals surface area contributed by atoms with Crippen molar-refractivity contribution in [2.45, 2.75) is 13.0 Å². The SMILES string of the molecule is COC(=O)c1cc2c(cc1Cl)CN(P)CC2. The molecule has 1 aromatic rings. The molecular weight excluding hydrogens is 245 g/mol. The van der Waals surface area contributed by atoms with Gasteiger partial charge in [0.15, 0.2) is 0 Å². The summed E-state index contributed by atoms with van der Waals surface area (Å²) in [4.78, 5) is 11.5. The first kappa shape index (κ1) is 11.8. The number of esters is 1. The number of ether oxygens (including phenoxy) is 1. The van der Waals surface area contributed by atoms with Crippen LogP contribution >= 0.6 is 21.0 Å². The number of carbonyl (C=O) groups is 1. The maximum atomic E-state index is 11.5. The molecule has 1 heterocycles. The second kappa shape index (κ2) is 4.70. The van der Waals surface area contributed by atoms with Crippen LogP contribution in [0.3, 0.4) is 0 Å². The van der Waals surface area contributed by atoms with E-state index >= 15 is 0 Å². The van der Waals surface area contributed by atoms with Crippen LogP contribution in [0.4, 0.5) is 0 Å². The minimum absolute atomic E-state index is 0.374. The van der Waals surface area contributed by atoms with Crippen molar-refractivity contribution in [1.82, 2.24) is 4.67 Å². The molecule has 1 aliphatic rings. The molecule has 0 fully saturated rings. The Morgan fingerprint density at radius 3 is 2.94 bits per heavy atom. The van der Waals surface area contributed by atoms with Gasteiger partial charge in [-0.2, -0.15) is 0 Å². The summed E-state index contributed by atoms with van der Waals surface area (Å²) in [6, 6.07) is 3.71. The highest BCUT2D eigenvalue weighted by Crippen LogP contribution is 2.27. The highest BCUT2D eigenvalue weighted by Gasteiger charge is 2.18. The maximum absolute atomic E-state index is 11.5. The van der Waals surface area contributed by atoms with Gasteiger partial charge in [0.05, 0.1) is 17.7 Å². The molecule has 0 N–H and O–H groups in total. The Bertz CT molecular complexity index is 436. The third-order valence-electron chi connectivity index (χ3n) is 2.74. The molecule has 0 radical (unpaired) electrons. The van der Waals surface area contributed by atoms with Gasteiger partial charge in [-0.1, -0.05) is 21.0 Å². The Kier molecular flexibility index (Phi) is 3.48. The van der Waals surface area contributed by atoms with Gasteiger partial charge in [-0.15, -0.1) is 0 Å². The molecule has 1 aromatic carbocycles. The average Bonchev–Trinajstić information content (AvgIpc) is 2.27. The van der Waals surface area contributed by atoms with Gasteiger partial charge in [0.2, 0.25) is 0 Å². The van der Waals surface area contributed by atoms with Crippen LogP contribution in [0.25, 0.3) is 0 Å². The van der Waals surface area contributed by atoms with Crippen molar-refractivity contribution >= 4 is 27.0 Å². The number of nitrogens with zero attached hydrogens (tertiary/aromatic N) is 1. The van der Waals surface area contributed by atoms with Gasteiger partial charge in [0, 0.05) is 13.1 Å². The zero-order chi connectivity index (χ0) is 11.7. The molecular formula is C11H13ClNO2P. The van der Waals surface area contributed by atoms with Crippen LogP contribution in [-0.2, 0) is 17.7 Å². The second-order valence-electron chi connectivity index (χ2n) is 3.81. The summed E-state index contributed by atoms with van der Waals surface area (Å²) in [6.45, 7) is 1.82. The summed E-state index contributed by atoms with van der Waals surface area (Å²) in [5.41, 5.74) is 2.82. The topological polar surface area (TPSA) is 29.5 Å². The van der Waals surface area contributed by atoms with Crippen molar-refractivity contribution in [2.24, 2.45) is 0 Å². The van der Waals surface area contributed by atoms with E-state index in [0.29, 0.717) is 10.6 Å². The lowest BCUT2D eigenvalue weighted by Gasteiger charge is -2.25. The standard InChI is InChI=1S/C11H13ClNO2P/c1-15-11(14)9-4-7-2-3-13(16)6-8(7)5-10(9)12/h4-5H,2-3,6,16H2,1H3. The quantitative estimate of drug-likeness (QED) is 0.571. The van der Waals surface area contributed by atoms with Gasteiger partial charge in [-0.05, 0) is 29.7 Å². The zero-order valence-corrected chi connectivity index (χ0v) is 10.9. The number of hydrogen-bond donors (Lipinski definition) is 0. The number of benzene rings is 1. The monoisotopic (exact) mass is 257 g/mol. The Morgan fingerprint density at radius 1 is 1.50 bits per heavy atom. The van der Waals surface area contributed by atoms with E-state index in [2.05, 4.69) is 14.1 Å². The number of methoxy groups -OCH3 is 1. The lowest BCUT2D eigenvalue weighted by atomic mass is 9.98. The molecule has 2 rings (SSSR count). The summed E-state index contributed by atoms with van der Waals surface area (Å²) in [6.07, 6.45) is 0.931. The first-order chi connectivity index (χ1) is 7.61. The van der Waals surface area contributed by atoms with Gasteiger partial charge in [0.25, 0.3) is 0 Å². The summed E-state index contributed by atoms with van der Waals surface area (Å²) >= 11 is 6.06. The lowest BCUT2D eigenvalue weighted by molar-refractivity contribution is 0.0600. The van der Waals surface area contributed by atoms with Crippen LogP contribution in [0.15, 0.2) is 12.1 Å². The van der Waals surface area contributed by atoms with E-state index in [1.54, 1.807) is 0 Å². The van der Waals surface area contributed by atoms with Gasteiger partial charge in [-0.25, -0.2) is 4.79 Å². The molecule has 16 heavy (non-hydrogen) atoms. The van der Waals surface area contributed by atoms with Crippen molar-refractivity contribution < 1.29 is 9.53 Å². The van der Waals surface area contributed by atoms with E-state index in [-0.39, 0.29) is 5.97 Å². The zero-order valence-electron chi connectivity index (χ0n) is 9.00. The van der Waals surface area contributed by atoms with Gasteiger partial charge < -0.3 is 4.74 Å². The summed E-state index contributed by atoms with van der Waals surface area (Å²) in [5, 5.41) is 0.464. The largest absolute Gasteiger partial charge is 0.465 e. The molecule has 1 atom stereocenters.